The monoisotopic (exact) mass is 331 g/mol. The Bertz CT molecular complexity index is 636. The molecule has 0 bridgehead atoms. The Kier molecular flexibility index (Phi) is 5.38. The lowest BCUT2D eigenvalue weighted by Crippen LogP contribution is -2.37. The van der Waals surface area contributed by atoms with E-state index in [0.717, 1.165) is 43.7 Å². The van der Waals surface area contributed by atoms with E-state index in [1.165, 1.54) is 11.3 Å². The molecular formula is C17H21N3O2S. The van der Waals surface area contributed by atoms with Crippen molar-refractivity contribution in [2.75, 3.05) is 25.0 Å². The lowest BCUT2D eigenvalue weighted by molar-refractivity contribution is -0.116. The smallest absolute Gasteiger partial charge is 0.227 e. The van der Waals surface area contributed by atoms with Gasteiger partial charge in [0.25, 0.3) is 0 Å². The maximum atomic E-state index is 12.0. The van der Waals surface area contributed by atoms with E-state index in [0.29, 0.717) is 11.6 Å². The van der Waals surface area contributed by atoms with Crippen molar-refractivity contribution in [3.8, 4) is 11.3 Å². The molecule has 2 N–H and O–H groups in total. The van der Waals surface area contributed by atoms with Gasteiger partial charge < -0.3 is 15.3 Å². The Morgan fingerprint density at radius 1 is 1.30 bits per heavy atom. The molecule has 1 aromatic heterocycles. The Morgan fingerprint density at radius 3 is 2.78 bits per heavy atom. The van der Waals surface area contributed by atoms with Gasteiger partial charge in [-0.1, -0.05) is 30.3 Å². The van der Waals surface area contributed by atoms with Gasteiger partial charge in [0.15, 0.2) is 5.13 Å². The molecule has 0 saturated carbocycles. The van der Waals surface area contributed by atoms with Crippen molar-refractivity contribution in [1.82, 2.24) is 9.88 Å². The summed E-state index contributed by atoms with van der Waals surface area (Å²) in [5.74, 6) is -0.00918. The van der Waals surface area contributed by atoms with Crippen LogP contribution in [0.5, 0.6) is 0 Å². The Morgan fingerprint density at radius 2 is 2.04 bits per heavy atom. The van der Waals surface area contributed by atoms with Gasteiger partial charge in [-0.15, -0.1) is 11.3 Å². The van der Waals surface area contributed by atoms with E-state index in [4.69, 9.17) is 0 Å². The largest absolute Gasteiger partial charge is 0.393 e. The van der Waals surface area contributed by atoms with Crippen LogP contribution in [0.2, 0.25) is 0 Å². The number of piperidine rings is 1. The van der Waals surface area contributed by atoms with E-state index in [2.05, 4.69) is 15.2 Å². The number of carbonyl (C=O) groups excluding carboxylic acids is 1. The molecule has 1 aromatic carbocycles. The summed E-state index contributed by atoms with van der Waals surface area (Å²) < 4.78 is 0. The van der Waals surface area contributed by atoms with Gasteiger partial charge in [0.2, 0.25) is 5.91 Å². The molecule has 23 heavy (non-hydrogen) atoms. The number of rotatable bonds is 5. The average Bonchev–Trinajstić information content (AvgIpc) is 3.04. The van der Waals surface area contributed by atoms with Gasteiger partial charge >= 0.3 is 0 Å². The summed E-state index contributed by atoms with van der Waals surface area (Å²) in [6, 6.07) is 9.93. The molecule has 1 amide bonds. The van der Waals surface area contributed by atoms with Gasteiger partial charge in [-0.05, 0) is 12.8 Å². The SMILES string of the molecule is O=C(CCN1CCC(O)CC1)Nc1nc(-c2ccccc2)cs1. The van der Waals surface area contributed by atoms with Gasteiger partial charge in [-0.25, -0.2) is 4.98 Å². The molecule has 2 aromatic rings. The first-order valence-corrected chi connectivity index (χ1v) is 8.80. The first-order valence-electron chi connectivity index (χ1n) is 7.92. The molecule has 0 spiro atoms. The third-order valence-corrected chi connectivity index (χ3v) is 4.79. The number of hydrogen-bond acceptors (Lipinski definition) is 5. The number of aliphatic hydroxyl groups excluding tert-OH is 1. The molecule has 122 valence electrons. The van der Waals surface area contributed by atoms with E-state index in [1.807, 2.05) is 35.7 Å². The van der Waals surface area contributed by atoms with Gasteiger partial charge in [0.1, 0.15) is 0 Å². The maximum absolute atomic E-state index is 12.0. The normalized spacial score (nSPS) is 16.4. The number of nitrogens with one attached hydrogen (secondary N) is 1. The number of amides is 1. The molecule has 6 heteroatoms. The van der Waals surface area contributed by atoms with Crippen LogP contribution in [0.3, 0.4) is 0 Å². The van der Waals surface area contributed by atoms with Crippen molar-refractivity contribution in [2.45, 2.75) is 25.4 Å². The highest BCUT2D eigenvalue weighted by Gasteiger charge is 2.17. The second-order valence-electron chi connectivity index (χ2n) is 5.77. The minimum Gasteiger partial charge on any atom is -0.393 e. The Balaban J connectivity index is 1.48. The number of anilines is 1. The van der Waals surface area contributed by atoms with E-state index < -0.39 is 0 Å². The van der Waals surface area contributed by atoms with Gasteiger partial charge in [0.05, 0.1) is 11.8 Å². The van der Waals surface area contributed by atoms with Gasteiger partial charge in [0, 0.05) is 37.0 Å². The molecular weight excluding hydrogens is 310 g/mol. The number of aromatic nitrogens is 1. The third-order valence-electron chi connectivity index (χ3n) is 4.03. The number of carbonyl (C=O) groups is 1. The standard InChI is InChI=1S/C17H21N3O2S/c21-14-6-9-20(10-7-14)11-8-16(22)19-17-18-15(12-23-17)13-4-2-1-3-5-13/h1-5,12,14,21H,6-11H2,(H,18,19,22). The van der Waals surface area contributed by atoms with Crippen molar-refractivity contribution in [1.29, 1.82) is 0 Å². The number of likely N-dealkylation sites (tertiary alicyclic amines) is 1. The fraction of sp³-hybridized carbons (Fsp3) is 0.412. The molecule has 0 aliphatic carbocycles. The lowest BCUT2D eigenvalue weighted by Gasteiger charge is -2.29. The Hall–Kier alpha value is -1.76. The van der Waals surface area contributed by atoms with Crippen LogP contribution in [0.25, 0.3) is 11.3 Å². The second-order valence-corrected chi connectivity index (χ2v) is 6.63. The highest BCUT2D eigenvalue weighted by atomic mass is 32.1. The third kappa shape index (κ3) is 4.60. The zero-order valence-corrected chi connectivity index (χ0v) is 13.8. The molecule has 1 saturated heterocycles. The minimum atomic E-state index is -0.174. The maximum Gasteiger partial charge on any atom is 0.227 e. The second kappa shape index (κ2) is 7.68. The summed E-state index contributed by atoms with van der Waals surface area (Å²) in [4.78, 5) is 18.7. The zero-order valence-electron chi connectivity index (χ0n) is 12.9. The van der Waals surface area contributed by atoms with Crippen LogP contribution >= 0.6 is 11.3 Å². The molecule has 0 atom stereocenters. The molecule has 0 radical (unpaired) electrons. The van der Waals surface area contributed by atoms with Crippen LogP contribution in [-0.4, -0.2) is 46.6 Å². The fourth-order valence-electron chi connectivity index (χ4n) is 2.66. The van der Waals surface area contributed by atoms with Crippen LogP contribution in [0.15, 0.2) is 35.7 Å². The highest BCUT2D eigenvalue weighted by molar-refractivity contribution is 7.14. The van der Waals surface area contributed by atoms with Gasteiger partial charge in [-0.3, -0.25) is 4.79 Å². The summed E-state index contributed by atoms with van der Waals surface area (Å²) in [5, 5.41) is 15.0. The van der Waals surface area contributed by atoms with Crippen molar-refractivity contribution >= 4 is 22.4 Å². The fourth-order valence-corrected chi connectivity index (χ4v) is 3.39. The molecule has 5 nitrogen and oxygen atoms in total. The van der Waals surface area contributed by atoms with E-state index in [1.54, 1.807) is 0 Å². The summed E-state index contributed by atoms with van der Waals surface area (Å²) in [5.41, 5.74) is 1.94. The Labute approximate surface area is 140 Å². The molecule has 0 unspecified atom stereocenters. The molecule has 3 rings (SSSR count). The van der Waals surface area contributed by atoms with Crippen LogP contribution in [0, 0.1) is 0 Å². The summed E-state index contributed by atoms with van der Waals surface area (Å²) >= 11 is 1.44. The van der Waals surface area contributed by atoms with Crippen molar-refractivity contribution in [3.05, 3.63) is 35.7 Å². The predicted molar refractivity (Wildman–Crippen MR) is 92.5 cm³/mol. The highest BCUT2D eigenvalue weighted by Crippen LogP contribution is 2.24. The van der Waals surface area contributed by atoms with Crippen LogP contribution < -0.4 is 5.32 Å². The quantitative estimate of drug-likeness (QED) is 0.884. The number of hydrogen-bond donors (Lipinski definition) is 2. The summed E-state index contributed by atoms with van der Waals surface area (Å²) in [6.07, 6.45) is 1.88. The van der Waals surface area contributed by atoms with Crippen LogP contribution in [-0.2, 0) is 4.79 Å². The number of aliphatic hydroxyl groups is 1. The molecule has 1 aliphatic rings. The van der Waals surface area contributed by atoms with Crippen molar-refractivity contribution in [2.24, 2.45) is 0 Å². The summed E-state index contributed by atoms with van der Waals surface area (Å²) in [6.45, 7) is 2.46. The summed E-state index contributed by atoms with van der Waals surface area (Å²) in [7, 11) is 0. The zero-order chi connectivity index (χ0) is 16.1. The number of nitrogens with zero attached hydrogens (tertiary/aromatic N) is 2. The topological polar surface area (TPSA) is 65.5 Å². The van der Waals surface area contributed by atoms with Gasteiger partial charge in [-0.2, -0.15) is 0 Å². The molecule has 1 aliphatic heterocycles. The van der Waals surface area contributed by atoms with E-state index in [-0.39, 0.29) is 12.0 Å². The predicted octanol–water partition coefficient (Wildman–Crippen LogP) is 2.60. The molecule has 2 heterocycles. The first kappa shape index (κ1) is 16.1. The first-order chi connectivity index (χ1) is 11.2. The number of thiazole rings is 1. The molecule has 1 fully saturated rings. The van der Waals surface area contributed by atoms with Crippen LogP contribution in [0.4, 0.5) is 5.13 Å². The van der Waals surface area contributed by atoms with Crippen molar-refractivity contribution < 1.29 is 9.90 Å². The minimum absolute atomic E-state index is 0.00918. The van der Waals surface area contributed by atoms with Crippen molar-refractivity contribution in [3.63, 3.8) is 0 Å². The van der Waals surface area contributed by atoms with E-state index in [9.17, 15) is 9.90 Å². The lowest BCUT2D eigenvalue weighted by atomic mass is 10.1. The van der Waals surface area contributed by atoms with E-state index >= 15 is 0 Å². The average molecular weight is 331 g/mol. The number of benzene rings is 1. The van der Waals surface area contributed by atoms with Crippen LogP contribution in [0.1, 0.15) is 19.3 Å².